The van der Waals surface area contributed by atoms with E-state index in [4.69, 9.17) is 14.6 Å². The average Bonchev–Trinajstić information content (AvgIpc) is 3.10. The van der Waals surface area contributed by atoms with Crippen LogP contribution in [0.5, 0.6) is 0 Å². The van der Waals surface area contributed by atoms with Crippen LogP contribution < -0.4 is 5.32 Å². The van der Waals surface area contributed by atoms with E-state index in [1.807, 2.05) is 97.2 Å². The number of ether oxygens (including phenoxy) is 2. The molecule has 1 fully saturated rings. The van der Waals surface area contributed by atoms with E-state index in [2.05, 4.69) is 29.2 Å². The second-order valence-corrected chi connectivity index (χ2v) is 12.1. The van der Waals surface area contributed by atoms with Crippen molar-refractivity contribution in [3.05, 3.63) is 125 Å². The van der Waals surface area contributed by atoms with E-state index in [0.29, 0.717) is 6.54 Å². The molecular formula is C38H43N3O6. The summed E-state index contributed by atoms with van der Waals surface area (Å²) in [6, 6.07) is 29.8. The van der Waals surface area contributed by atoms with Crippen molar-refractivity contribution in [1.29, 1.82) is 0 Å². The predicted octanol–water partition coefficient (Wildman–Crippen LogP) is 5.69. The normalized spacial score (nSPS) is 19.4. The number of rotatable bonds is 14. The first kappa shape index (κ1) is 33.9. The van der Waals surface area contributed by atoms with Gasteiger partial charge in [0.2, 0.25) is 5.91 Å². The van der Waals surface area contributed by atoms with Gasteiger partial charge >= 0.3 is 5.97 Å². The molecule has 5 rings (SSSR count). The SMILES string of the molecule is C[C@H]1[C@@H](CN(C)CCc2ccccn2)O[C@@H](c2ccc(-c3ccccc3CNC(=O)CCC(=O)O)cc2)O[C@H]1c1ccc(CO)cc1. The maximum atomic E-state index is 12.1. The Balaban J connectivity index is 1.32. The van der Waals surface area contributed by atoms with Crippen LogP contribution in [0.15, 0.2) is 97.2 Å². The van der Waals surface area contributed by atoms with Gasteiger partial charge in [-0.25, -0.2) is 0 Å². The van der Waals surface area contributed by atoms with Gasteiger partial charge in [0, 0.05) is 55.8 Å². The second kappa shape index (κ2) is 16.4. The lowest BCUT2D eigenvalue weighted by Gasteiger charge is -2.42. The molecule has 1 aliphatic heterocycles. The second-order valence-electron chi connectivity index (χ2n) is 12.1. The van der Waals surface area contributed by atoms with Gasteiger partial charge < -0.3 is 29.9 Å². The van der Waals surface area contributed by atoms with Gasteiger partial charge in [0.05, 0.1) is 25.2 Å². The lowest BCUT2D eigenvalue weighted by Crippen LogP contribution is -2.43. The molecule has 3 aromatic carbocycles. The number of aromatic nitrogens is 1. The minimum absolute atomic E-state index is 0.0106. The van der Waals surface area contributed by atoms with Crippen LogP contribution >= 0.6 is 0 Å². The first-order chi connectivity index (χ1) is 22.8. The molecule has 2 heterocycles. The van der Waals surface area contributed by atoms with Crippen LogP contribution in [0.4, 0.5) is 0 Å². The smallest absolute Gasteiger partial charge is 0.303 e. The third kappa shape index (κ3) is 9.33. The van der Waals surface area contributed by atoms with Crippen LogP contribution in [0.2, 0.25) is 0 Å². The zero-order valence-corrected chi connectivity index (χ0v) is 26.9. The molecule has 0 radical (unpaired) electrons. The van der Waals surface area contributed by atoms with Gasteiger partial charge in [0.1, 0.15) is 0 Å². The largest absolute Gasteiger partial charge is 0.481 e. The molecule has 0 unspecified atom stereocenters. The number of pyridine rings is 1. The Morgan fingerprint density at radius 2 is 1.62 bits per heavy atom. The van der Waals surface area contributed by atoms with Gasteiger partial charge in [0.25, 0.3) is 0 Å². The number of amides is 1. The first-order valence-electron chi connectivity index (χ1n) is 16.1. The van der Waals surface area contributed by atoms with E-state index in [9.17, 15) is 14.7 Å². The average molecular weight is 638 g/mol. The van der Waals surface area contributed by atoms with Gasteiger partial charge in [-0.2, -0.15) is 0 Å². The molecule has 4 atom stereocenters. The van der Waals surface area contributed by atoms with Crippen LogP contribution in [-0.2, 0) is 38.6 Å². The van der Waals surface area contributed by atoms with E-state index in [1.165, 1.54) is 0 Å². The lowest BCUT2D eigenvalue weighted by atomic mass is 9.90. The third-order valence-electron chi connectivity index (χ3n) is 8.64. The Hall–Kier alpha value is -4.41. The highest BCUT2D eigenvalue weighted by Gasteiger charge is 2.38. The summed E-state index contributed by atoms with van der Waals surface area (Å²) in [6.07, 6.45) is 1.52. The van der Waals surface area contributed by atoms with Crippen molar-refractivity contribution >= 4 is 11.9 Å². The Bertz CT molecular complexity index is 1600. The molecule has 9 nitrogen and oxygen atoms in total. The summed E-state index contributed by atoms with van der Waals surface area (Å²) < 4.78 is 13.3. The number of carbonyl (C=O) groups is 2. The Morgan fingerprint density at radius 3 is 2.32 bits per heavy atom. The topological polar surface area (TPSA) is 121 Å². The van der Waals surface area contributed by atoms with Crippen molar-refractivity contribution in [3.8, 4) is 11.1 Å². The van der Waals surface area contributed by atoms with Gasteiger partial charge in [-0.3, -0.25) is 14.6 Å². The summed E-state index contributed by atoms with van der Waals surface area (Å²) in [6.45, 7) is 4.03. The number of carboxylic acid groups (broad SMARTS) is 1. The Morgan fingerprint density at radius 1 is 0.894 bits per heavy atom. The van der Waals surface area contributed by atoms with Crippen LogP contribution in [0, 0.1) is 5.92 Å². The van der Waals surface area contributed by atoms with E-state index in [-0.39, 0.29) is 43.5 Å². The monoisotopic (exact) mass is 637 g/mol. The van der Waals surface area contributed by atoms with Gasteiger partial charge in [-0.1, -0.05) is 85.8 Å². The summed E-state index contributed by atoms with van der Waals surface area (Å²) in [5.41, 5.74) is 6.75. The molecule has 246 valence electrons. The number of carboxylic acids is 1. The van der Waals surface area contributed by atoms with Gasteiger partial charge in [0.15, 0.2) is 6.29 Å². The zero-order chi connectivity index (χ0) is 33.2. The fourth-order valence-corrected chi connectivity index (χ4v) is 5.86. The highest BCUT2D eigenvalue weighted by atomic mass is 16.7. The molecule has 3 N–H and O–H groups in total. The molecule has 1 aliphatic rings. The van der Waals surface area contributed by atoms with Crippen molar-refractivity contribution in [2.45, 2.75) is 57.8 Å². The summed E-state index contributed by atoms with van der Waals surface area (Å²) in [5, 5.41) is 21.3. The highest BCUT2D eigenvalue weighted by Crippen LogP contribution is 2.42. The summed E-state index contributed by atoms with van der Waals surface area (Å²) >= 11 is 0. The van der Waals surface area contributed by atoms with Crippen molar-refractivity contribution in [3.63, 3.8) is 0 Å². The molecule has 0 bridgehead atoms. The van der Waals surface area contributed by atoms with Crippen LogP contribution in [0.25, 0.3) is 11.1 Å². The Kier molecular flexibility index (Phi) is 11.9. The van der Waals surface area contributed by atoms with E-state index >= 15 is 0 Å². The minimum atomic E-state index is -0.995. The van der Waals surface area contributed by atoms with Gasteiger partial charge in [-0.15, -0.1) is 0 Å². The quantitative estimate of drug-likeness (QED) is 0.161. The number of aliphatic carboxylic acids is 1. The van der Waals surface area contributed by atoms with Crippen molar-refractivity contribution in [1.82, 2.24) is 15.2 Å². The molecule has 1 amide bonds. The van der Waals surface area contributed by atoms with E-state index in [0.717, 1.165) is 58.6 Å². The van der Waals surface area contributed by atoms with Crippen molar-refractivity contribution in [2.24, 2.45) is 5.92 Å². The minimum Gasteiger partial charge on any atom is -0.481 e. The maximum absolute atomic E-state index is 12.1. The summed E-state index contributed by atoms with van der Waals surface area (Å²) in [5.74, 6) is -1.22. The van der Waals surface area contributed by atoms with Gasteiger partial charge in [-0.05, 0) is 47.0 Å². The number of carbonyl (C=O) groups excluding carboxylic acids is 1. The van der Waals surface area contributed by atoms with Crippen LogP contribution in [0.3, 0.4) is 0 Å². The number of benzene rings is 3. The van der Waals surface area contributed by atoms with Crippen LogP contribution in [0.1, 0.15) is 60.1 Å². The first-order valence-corrected chi connectivity index (χ1v) is 16.1. The molecule has 1 saturated heterocycles. The molecule has 0 aliphatic carbocycles. The number of nitrogens with one attached hydrogen (secondary N) is 1. The van der Waals surface area contributed by atoms with Crippen LogP contribution in [-0.4, -0.2) is 58.2 Å². The summed E-state index contributed by atoms with van der Waals surface area (Å²) in [7, 11) is 2.11. The molecular weight excluding hydrogens is 594 g/mol. The number of nitrogens with zero attached hydrogens (tertiary/aromatic N) is 2. The van der Waals surface area contributed by atoms with Crippen molar-refractivity contribution in [2.75, 3.05) is 20.1 Å². The highest BCUT2D eigenvalue weighted by molar-refractivity contribution is 5.80. The molecule has 0 saturated carbocycles. The third-order valence-corrected chi connectivity index (χ3v) is 8.64. The molecule has 1 aromatic heterocycles. The predicted molar refractivity (Wildman–Crippen MR) is 179 cm³/mol. The lowest BCUT2D eigenvalue weighted by molar-refractivity contribution is -0.275. The summed E-state index contributed by atoms with van der Waals surface area (Å²) in [4.78, 5) is 29.7. The van der Waals surface area contributed by atoms with E-state index < -0.39 is 12.3 Å². The molecule has 0 spiro atoms. The van der Waals surface area contributed by atoms with E-state index in [1.54, 1.807) is 0 Å². The number of aliphatic hydroxyl groups is 1. The Labute approximate surface area is 276 Å². The maximum Gasteiger partial charge on any atom is 0.303 e. The zero-order valence-electron chi connectivity index (χ0n) is 26.9. The number of likely N-dealkylation sites (N-methyl/N-ethyl adjacent to an activating group) is 1. The standard InChI is InChI=1S/C38H43N3O6/c1-26-34(24-41(2)22-20-32-8-5-6-21-39-32)46-38(47-37(26)29-12-10-27(25-42)11-13-29)30-16-14-28(15-17-30)33-9-4-3-7-31(33)23-40-35(43)18-19-36(44)45/h3-17,21,26,34,37-38,42H,18-20,22-25H2,1-2H3,(H,40,43)(H,44,45)/t26-,34+,37+,38+/m0/s1. The fourth-order valence-electron chi connectivity index (χ4n) is 5.86. The molecule has 47 heavy (non-hydrogen) atoms. The molecule has 9 heteroatoms. The number of aliphatic hydroxyl groups excluding tert-OH is 1. The van der Waals surface area contributed by atoms with Crippen molar-refractivity contribution < 1.29 is 29.3 Å². The number of hydrogen-bond acceptors (Lipinski definition) is 7. The fraction of sp³-hybridized carbons (Fsp3) is 0.342. The number of hydrogen-bond donors (Lipinski definition) is 3. The molecule has 4 aromatic rings.